The number of aromatic nitrogens is 1. The van der Waals surface area contributed by atoms with Crippen LogP contribution in [0.4, 0.5) is 0 Å². The van der Waals surface area contributed by atoms with Crippen molar-refractivity contribution in [2.75, 3.05) is 0 Å². The van der Waals surface area contributed by atoms with Crippen molar-refractivity contribution >= 4 is 22.5 Å². The molecule has 0 aliphatic carbocycles. The topological polar surface area (TPSA) is 30.9 Å². The number of hydrogen-bond donors (Lipinski definition) is 1. The third kappa shape index (κ3) is 2.08. The third-order valence-electron chi connectivity index (χ3n) is 2.80. The highest BCUT2D eigenvalue weighted by molar-refractivity contribution is 6.31. The maximum atomic E-state index is 6.00. The number of nitrogens with zero attached hydrogens (tertiary/aromatic N) is 1. The summed E-state index contributed by atoms with van der Waals surface area (Å²) in [6.45, 7) is 5.15. The van der Waals surface area contributed by atoms with Crippen LogP contribution in [0.25, 0.3) is 10.9 Å². The number of halogens is 1. The molecule has 2 N–H and O–H groups in total. The van der Waals surface area contributed by atoms with Crippen molar-refractivity contribution in [2.45, 2.75) is 32.9 Å². The molecule has 1 unspecified atom stereocenters. The second kappa shape index (κ2) is 4.48. The van der Waals surface area contributed by atoms with Gasteiger partial charge >= 0.3 is 0 Å². The van der Waals surface area contributed by atoms with Gasteiger partial charge in [0.05, 0.1) is 0 Å². The normalized spacial score (nSPS) is 13.2. The van der Waals surface area contributed by atoms with Crippen LogP contribution >= 0.6 is 11.6 Å². The zero-order valence-electron chi connectivity index (χ0n) is 9.70. The molecule has 0 saturated carbocycles. The predicted molar refractivity (Wildman–Crippen MR) is 70.0 cm³/mol. The second-order valence-corrected chi connectivity index (χ2v) is 4.70. The van der Waals surface area contributed by atoms with E-state index in [1.807, 2.05) is 19.1 Å². The summed E-state index contributed by atoms with van der Waals surface area (Å²) in [6, 6.07) is 8.39. The van der Waals surface area contributed by atoms with Crippen molar-refractivity contribution in [3.8, 4) is 0 Å². The van der Waals surface area contributed by atoms with E-state index in [4.69, 9.17) is 17.3 Å². The average molecular weight is 237 g/mol. The third-order valence-corrected chi connectivity index (χ3v) is 3.03. The molecule has 0 amide bonds. The van der Waals surface area contributed by atoms with E-state index >= 15 is 0 Å². The lowest BCUT2D eigenvalue weighted by molar-refractivity contribution is 0.665. The number of nitrogens with two attached hydrogens (primary N) is 1. The zero-order valence-corrected chi connectivity index (χ0v) is 10.5. The van der Waals surface area contributed by atoms with Crippen LogP contribution in [0, 0.1) is 0 Å². The summed E-state index contributed by atoms with van der Waals surface area (Å²) in [5.74, 6) is 0. The molecule has 1 heterocycles. The van der Waals surface area contributed by atoms with Crippen molar-refractivity contribution < 1.29 is 0 Å². The van der Waals surface area contributed by atoms with Gasteiger partial charge in [0, 0.05) is 40.6 Å². The van der Waals surface area contributed by atoms with Crippen molar-refractivity contribution in [3.05, 3.63) is 35.0 Å². The first-order chi connectivity index (χ1) is 7.61. The molecule has 2 nitrogen and oxygen atoms in total. The minimum Gasteiger partial charge on any atom is -0.345 e. The van der Waals surface area contributed by atoms with E-state index < -0.39 is 0 Å². The quantitative estimate of drug-likeness (QED) is 0.872. The van der Waals surface area contributed by atoms with Gasteiger partial charge in [-0.3, -0.25) is 0 Å². The van der Waals surface area contributed by atoms with Gasteiger partial charge in [0.15, 0.2) is 0 Å². The van der Waals surface area contributed by atoms with Crippen LogP contribution in [-0.4, -0.2) is 10.6 Å². The highest BCUT2D eigenvalue weighted by Crippen LogP contribution is 2.24. The Morgan fingerprint density at radius 3 is 2.75 bits per heavy atom. The molecule has 0 aliphatic rings. The molecule has 0 aliphatic heterocycles. The molecule has 1 aromatic carbocycles. The highest BCUT2D eigenvalue weighted by atomic mass is 35.5. The summed E-state index contributed by atoms with van der Waals surface area (Å²) >= 11 is 6.00. The fraction of sp³-hybridized carbons (Fsp3) is 0.385. The van der Waals surface area contributed by atoms with E-state index in [-0.39, 0.29) is 6.04 Å². The molecule has 2 aromatic rings. The van der Waals surface area contributed by atoms with Gasteiger partial charge in [0.25, 0.3) is 0 Å². The van der Waals surface area contributed by atoms with E-state index in [0.29, 0.717) is 0 Å². The maximum absolute atomic E-state index is 6.00. The molecular weight excluding hydrogens is 220 g/mol. The SMILES string of the molecule is CCn1c(CC(C)N)cc2cc(Cl)ccc21. The fourth-order valence-corrected chi connectivity index (χ4v) is 2.35. The molecule has 0 bridgehead atoms. The molecule has 0 saturated heterocycles. The zero-order chi connectivity index (χ0) is 11.7. The monoisotopic (exact) mass is 236 g/mol. The van der Waals surface area contributed by atoms with Crippen LogP contribution in [0.1, 0.15) is 19.5 Å². The standard InChI is InChI=1S/C13H17ClN2/c1-3-16-12(6-9(2)15)8-10-7-11(14)4-5-13(10)16/h4-5,7-9H,3,6,15H2,1-2H3. The summed E-state index contributed by atoms with van der Waals surface area (Å²) in [4.78, 5) is 0. The van der Waals surface area contributed by atoms with Crippen LogP contribution in [0.5, 0.6) is 0 Å². The molecule has 16 heavy (non-hydrogen) atoms. The van der Waals surface area contributed by atoms with Gasteiger partial charge in [-0.15, -0.1) is 0 Å². The first-order valence-electron chi connectivity index (χ1n) is 5.65. The first-order valence-corrected chi connectivity index (χ1v) is 6.03. The van der Waals surface area contributed by atoms with Gasteiger partial charge in [0.1, 0.15) is 0 Å². The lowest BCUT2D eigenvalue weighted by Gasteiger charge is -2.09. The first kappa shape index (κ1) is 11.5. The van der Waals surface area contributed by atoms with Crippen molar-refractivity contribution in [3.63, 3.8) is 0 Å². The van der Waals surface area contributed by atoms with Gasteiger partial charge in [-0.05, 0) is 38.1 Å². The predicted octanol–water partition coefficient (Wildman–Crippen LogP) is 3.20. The van der Waals surface area contributed by atoms with Crippen LogP contribution in [-0.2, 0) is 13.0 Å². The van der Waals surface area contributed by atoms with Gasteiger partial charge in [0.2, 0.25) is 0 Å². The van der Waals surface area contributed by atoms with Crippen LogP contribution in [0.3, 0.4) is 0 Å². The van der Waals surface area contributed by atoms with Gasteiger partial charge in [-0.25, -0.2) is 0 Å². The van der Waals surface area contributed by atoms with E-state index in [1.54, 1.807) is 0 Å². The second-order valence-electron chi connectivity index (χ2n) is 4.26. The summed E-state index contributed by atoms with van der Waals surface area (Å²) in [5, 5.41) is 1.98. The summed E-state index contributed by atoms with van der Waals surface area (Å²) in [6.07, 6.45) is 0.903. The summed E-state index contributed by atoms with van der Waals surface area (Å²) in [7, 11) is 0. The Hall–Kier alpha value is -0.990. The molecule has 0 radical (unpaired) electrons. The minimum atomic E-state index is 0.185. The number of aryl methyl sites for hydroxylation is 1. The maximum Gasteiger partial charge on any atom is 0.0483 e. The van der Waals surface area contributed by atoms with E-state index in [1.165, 1.54) is 16.6 Å². The van der Waals surface area contributed by atoms with Crippen LogP contribution in [0.2, 0.25) is 5.02 Å². The average Bonchev–Trinajstić information content (AvgIpc) is 2.52. The van der Waals surface area contributed by atoms with Gasteiger partial charge in [-0.2, -0.15) is 0 Å². The largest absolute Gasteiger partial charge is 0.345 e. The Bertz CT molecular complexity index is 500. The summed E-state index contributed by atoms with van der Waals surface area (Å²) in [5.41, 5.74) is 8.39. The highest BCUT2D eigenvalue weighted by Gasteiger charge is 2.09. The summed E-state index contributed by atoms with van der Waals surface area (Å²) < 4.78 is 2.30. The number of hydrogen-bond acceptors (Lipinski definition) is 1. The van der Waals surface area contributed by atoms with Crippen molar-refractivity contribution in [1.82, 2.24) is 4.57 Å². The van der Waals surface area contributed by atoms with E-state index in [2.05, 4.69) is 23.6 Å². The molecule has 2 rings (SSSR count). The number of fused-ring (bicyclic) bond motifs is 1. The lowest BCUT2D eigenvalue weighted by Crippen LogP contribution is -2.19. The lowest BCUT2D eigenvalue weighted by atomic mass is 10.2. The molecule has 86 valence electrons. The van der Waals surface area contributed by atoms with Crippen molar-refractivity contribution in [2.24, 2.45) is 5.73 Å². The van der Waals surface area contributed by atoms with Crippen molar-refractivity contribution in [1.29, 1.82) is 0 Å². The molecular formula is C13H17ClN2. The van der Waals surface area contributed by atoms with Gasteiger partial charge < -0.3 is 10.3 Å². The number of benzene rings is 1. The van der Waals surface area contributed by atoms with E-state index in [0.717, 1.165) is 18.0 Å². The Morgan fingerprint density at radius 1 is 1.38 bits per heavy atom. The fourth-order valence-electron chi connectivity index (χ4n) is 2.17. The Labute approximate surface area is 101 Å². The van der Waals surface area contributed by atoms with Gasteiger partial charge in [-0.1, -0.05) is 11.6 Å². The van der Waals surface area contributed by atoms with E-state index in [9.17, 15) is 0 Å². The Morgan fingerprint density at radius 2 is 2.12 bits per heavy atom. The molecule has 0 fully saturated rings. The van der Waals surface area contributed by atoms with Crippen LogP contribution < -0.4 is 5.73 Å². The molecule has 1 aromatic heterocycles. The number of rotatable bonds is 3. The molecule has 0 spiro atoms. The Kier molecular flexibility index (Phi) is 3.22. The minimum absolute atomic E-state index is 0.185. The smallest absolute Gasteiger partial charge is 0.0483 e. The van der Waals surface area contributed by atoms with Crippen LogP contribution in [0.15, 0.2) is 24.3 Å². The Balaban J connectivity index is 2.56. The molecule has 3 heteroatoms. The molecule has 1 atom stereocenters.